The summed E-state index contributed by atoms with van der Waals surface area (Å²) < 4.78 is 4.76. The fraction of sp³-hybridized carbons (Fsp3) is 0.500. The average molecular weight is 324 g/mol. The molecule has 1 aromatic carbocycles. The van der Waals surface area contributed by atoms with Crippen molar-refractivity contribution in [3.05, 3.63) is 35.9 Å². The second-order valence-corrected chi connectivity index (χ2v) is 5.88. The number of hydrogen-bond donors (Lipinski definition) is 2. The first-order valence-corrected chi connectivity index (χ1v) is 8.60. The Labute approximate surface area is 136 Å². The van der Waals surface area contributed by atoms with E-state index in [9.17, 15) is 9.59 Å². The number of carbonyl (C=O) groups excluding carboxylic acids is 2. The lowest BCUT2D eigenvalue weighted by atomic mass is 10.0. The van der Waals surface area contributed by atoms with Gasteiger partial charge in [0.2, 0.25) is 5.91 Å². The summed E-state index contributed by atoms with van der Waals surface area (Å²) >= 11 is 1.63. The van der Waals surface area contributed by atoms with Crippen LogP contribution in [0.1, 0.15) is 12.0 Å². The van der Waals surface area contributed by atoms with Crippen LogP contribution in [0.4, 0.5) is 0 Å². The van der Waals surface area contributed by atoms with Gasteiger partial charge >= 0.3 is 5.97 Å². The largest absolute Gasteiger partial charge is 0.467 e. The van der Waals surface area contributed by atoms with Gasteiger partial charge in [0.05, 0.1) is 13.2 Å². The summed E-state index contributed by atoms with van der Waals surface area (Å²) in [6.45, 7) is 0. The Morgan fingerprint density at radius 3 is 2.45 bits per heavy atom. The zero-order valence-electron chi connectivity index (χ0n) is 13.3. The Hall–Kier alpha value is -1.53. The number of ether oxygens (including phenoxy) is 1. The van der Waals surface area contributed by atoms with Gasteiger partial charge in [-0.25, -0.2) is 4.79 Å². The quantitative estimate of drug-likeness (QED) is 0.669. The Morgan fingerprint density at radius 2 is 1.91 bits per heavy atom. The smallest absolute Gasteiger partial charge is 0.328 e. The molecular formula is C16H24N2O3S. The Bertz CT molecular complexity index is 468. The van der Waals surface area contributed by atoms with Crippen molar-refractivity contribution >= 4 is 23.6 Å². The van der Waals surface area contributed by atoms with Crippen LogP contribution in [0.25, 0.3) is 0 Å². The minimum Gasteiger partial charge on any atom is -0.467 e. The van der Waals surface area contributed by atoms with E-state index >= 15 is 0 Å². The number of rotatable bonds is 9. The lowest BCUT2D eigenvalue weighted by Gasteiger charge is -2.21. The monoisotopic (exact) mass is 324 g/mol. The number of carbonyl (C=O) groups is 2. The molecule has 0 heterocycles. The van der Waals surface area contributed by atoms with E-state index in [1.54, 1.807) is 18.8 Å². The van der Waals surface area contributed by atoms with Crippen molar-refractivity contribution in [3.8, 4) is 0 Å². The second-order valence-electron chi connectivity index (χ2n) is 4.90. The van der Waals surface area contributed by atoms with Crippen molar-refractivity contribution in [3.63, 3.8) is 0 Å². The van der Waals surface area contributed by atoms with Crippen molar-refractivity contribution in [2.24, 2.45) is 0 Å². The lowest BCUT2D eigenvalue weighted by molar-refractivity contribution is -0.145. The van der Waals surface area contributed by atoms with Crippen LogP contribution in [0, 0.1) is 0 Å². The SMILES string of the molecule is CN[C@@H](Cc1ccccc1)C(=O)N[C@@H](CCSC)C(=O)OC. The highest BCUT2D eigenvalue weighted by atomic mass is 32.2. The molecule has 0 bridgehead atoms. The number of thioether (sulfide) groups is 1. The zero-order chi connectivity index (χ0) is 16.4. The molecule has 0 aliphatic heterocycles. The molecule has 22 heavy (non-hydrogen) atoms. The highest BCUT2D eigenvalue weighted by Crippen LogP contribution is 2.06. The van der Waals surface area contributed by atoms with Gasteiger partial charge in [-0.1, -0.05) is 30.3 Å². The number of esters is 1. The number of benzene rings is 1. The molecule has 0 aliphatic rings. The summed E-state index contributed by atoms with van der Waals surface area (Å²) in [5.41, 5.74) is 1.07. The van der Waals surface area contributed by atoms with E-state index in [2.05, 4.69) is 10.6 Å². The van der Waals surface area contributed by atoms with Gasteiger partial charge in [0.1, 0.15) is 6.04 Å². The Balaban J connectivity index is 2.66. The maximum absolute atomic E-state index is 12.4. The van der Waals surface area contributed by atoms with Crippen LogP contribution in [0.5, 0.6) is 0 Å². The zero-order valence-corrected chi connectivity index (χ0v) is 14.1. The van der Waals surface area contributed by atoms with Gasteiger partial charge in [0.25, 0.3) is 0 Å². The van der Waals surface area contributed by atoms with Gasteiger partial charge in [-0.2, -0.15) is 11.8 Å². The van der Waals surface area contributed by atoms with Crippen LogP contribution in [-0.2, 0) is 20.7 Å². The predicted octanol–water partition coefficient (Wildman–Crippen LogP) is 1.23. The van der Waals surface area contributed by atoms with E-state index in [1.165, 1.54) is 7.11 Å². The summed E-state index contributed by atoms with van der Waals surface area (Å²) in [5.74, 6) is 0.183. The first-order chi connectivity index (χ1) is 10.6. The second kappa shape index (κ2) is 10.2. The van der Waals surface area contributed by atoms with Crippen LogP contribution in [0.15, 0.2) is 30.3 Å². The topological polar surface area (TPSA) is 67.4 Å². The molecule has 0 radical (unpaired) electrons. The van der Waals surface area contributed by atoms with Crippen LogP contribution in [0.2, 0.25) is 0 Å². The molecule has 1 aromatic rings. The van der Waals surface area contributed by atoms with Crippen molar-refractivity contribution in [2.45, 2.75) is 24.9 Å². The number of methoxy groups -OCH3 is 1. The van der Waals surface area contributed by atoms with E-state index in [0.717, 1.165) is 11.3 Å². The molecule has 0 unspecified atom stereocenters. The molecule has 0 saturated carbocycles. The fourth-order valence-corrected chi connectivity index (χ4v) is 2.55. The first kappa shape index (κ1) is 18.5. The van der Waals surface area contributed by atoms with Gasteiger partial charge < -0.3 is 15.4 Å². The van der Waals surface area contributed by atoms with Gasteiger partial charge in [0, 0.05) is 0 Å². The molecular weight excluding hydrogens is 300 g/mol. The third-order valence-electron chi connectivity index (χ3n) is 3.36. The van der Waals surface area contributed by atoms with Crippen molar-refractivity contribution in [1.82, 2.24) is 10.6 Å². The molecule has 0 aliphatic carbocycles. The standard InChI is InChI=1S/C16H24N2O3S/c1-17-14(11-12-7-5-4-6-8-12)15(19)18-13(9-10-22-3)16(20)21-2/h4-8,13-14,17H,9-11H2,1-3H3,(H,18,19)/t13-,14-/m0/s1. The molecule has 1 rings (SSSR count). The highest BCUT2D eigenvalue weighted by molar-refractivity contribution is 7.98. The summed E-state index contributed by atoms with van der Waals surface area (Å²) in [4.78, 5) is 24.1. The number of hydrogen-bond acceptors (Lipinski definition) is 5. The molecule has 0 fully saturated rings. The summed E-state index contributed by atoms with van der Waals surface area (Å²) in [7, 11) is 3.07. The van der Waals surface area contributed by atoms with Gasteiger partial charge in [-0.05, 0) is 37.5 Å². The molecule has 0 spiro atoms. The maximum atomic E-state index is 12.4. The summed E-state index contributed by atoms with van der Waals surface area (Å²) in [5, 5.41) is 5.78. The van der Waals surface area contributed by atoms with E-state index in [0.29, 0.717) is 12.8 Å². The number of nitrogens with one attached hydrogen (secondary N) is 2. The van der Waals surface area contributed by atoms with E-state index < -0.39 is 12.0 Å². The van der Waals surface area contributed by atoms with Crippen LogP contribution in [-0.4, -0.2) is 50.1 Å². The third kappa shape index (κ3) is 6.07. The summed E-state index contributed by atoms with van der Waals surface area (Å²) in [6.07, 6.45) is 3.09. The predicted molar refractivity (Wildman–Crippen MR) is 89.9 cm³/mol. The Kier molecular flexibility index (Phi) is 8.62. The fourth-order valence-electron chi connectivity index (χ4n) is 2.07. The molecule has 5 nitrogen and oxygen atoms in total. The Morgan fingerprint density at radius 1 is 1.23 bits per heavy atom. The van der Waals surface area contributed by atoms with Gasteiger partial charge in [-0.15, -0.1) is 0 Å². The average Bonchev–Trinajstić information content (AvgIpc) is 2.56. The number of likely N-dealkylation sites (N-methyl/N-ethyl adjacent to an activating group) is 1. The lowest BCUT2D eigenvalue weighted by Crippen LogP contribution is -2.50. The van der Waals surface area contributed by atoms with E-state index in [4.69, 9.17) is 4.74 Å². The molecule has 2 N–H and O–H groups in total. The summed E-state index contributed by atoms with van der Waals surface area (Å²) in [6, 6.07) is 8.78. The molecule has 0 aromatic heterocycles. The van der Waals surface area contributed by atoms with E-state index in [1.807, 2.05) is 36.6 Å². The van der Waals surface area contributed by atoms with E-state index in [-0.39, 0.29) is 11.9 Å². The number of amides is 1. The highest BCUT2D eigenvalue weighted by Gasteiger charge is 2.25. The van der Waals surface area contributed by atoms with Crippen LogP contribution in [0.3, 0.4) is 0 Å². The van der Waals surface area contributed by atoms with Crippen molar-refractivity contribution in [2.75, 3.05) is 26.2 Å². The molecule has 2 atom stereocenters. The van der Waals surface area contributed by atoms with Crippen molar-refractivity contribution in [1.29, 1.82) is 0 Å². The normalized spacial score (nSPS) is 13.2. The third-order valence-corrected chi connectivity index (χ3v) is 4.00. The molecule has 122 valence electrons. The molecule has 6 heteroatoms. The van der Waals surface area contributed by atoms with Crippen LogP contribution < -0.4 is 10.6 Å². The molecule has 0 saturated heterocycles. The first-order valence-electron chi connectivity index (χ1n) is 7.20. The van der Waals surface area contributed by atoms with Gasteiger partial charge in [-0.3, -0.25) is 4.79 Å². The van der Waals surface area contributed by atoms with Crippen LogP contribution >= 0.6 is 11.8 Å². The minimum absolute atomic E-state index is 0.192. The van der Waals surface area contributed by atoms with Crippen molar-refractivity contribution < 1.29 is 14.3 Å². The minimum atomic E-state index is -0.600. The maximum Gasteiger partial charge on any atom is 0.328 e. The molecule has 1 amide bonds. The van der Waals surface area contributed by atoms with Gasteiger partial charge in [0.15, 0.2) is 0 Å².